The number of carbonyl (C=O) groups is 1. The summed E-state index contributed by atoms with van der Waals surface area (Å²) in [7, 11) is -3.89. The Balaban J connectivity index is 2.19. The van der Waals surface area contributed by atoms with Crippen molar-refractivity contribution in [1.29, 1.82) is 0 Å². The topological polar surface area (TPSA) is 95.5 Å². The Morgan fingerprint density at radius 2 is 1.73 bits per heavy atom. The van der Waals surface area contributed by atoms with Crippen LogP contribution in [0.5, 0.6) is 0 Å². The van der Waals surface area contributed by atoms with Crippen LogP contribution in [0.15, 0.2) is 59.5 Å². The third-order valence-corrected chi connectivity index (χ3v) is 5.39. The van der Waals surface area contributed by atoms with Gasteiger partial charge in [-0.2, -0.15) is 4.72 Å². The van der Waals surface area contributed by atoms with Crippen LogP contribution in [0, 0.1) is 0 Å². The summed E-state index contributed by atoms with van der Waals surface area (Å²) in [6.07, 6.45) is 0.604. The molecule has 8 heteroatoms. The summed E-state index contributed by atoms with van der Waals surface area (Å²) in [5.74, 6) is -0.445. The minimum absolute atomic E-state index is 0.0307. The van der Waals surface area contributed by atoms with Crippen LogP contribution < -0.4 is 10.0 Å². The first-order valence-corrected chi connectivity index (χ1v) is 9.99. The van der Waals surface area contributed by atoms with Gasteiger partial charge >= 0.3 is 0 Å². The first kappa shape index (κ1) is 20.4. The van der Waals surface area contributed by atoms with Crippen molar-refractivity contribution in [2.75, 3.05) is 13.2 Å². The highest BCUT2D eigenvalue weighted by molar-refractivity contribution is 7.89. The molecule has 2 rings (SSSR count). The number of hydrogen-bond donors (Lipinski definition) is 3. The van der Waals surface area contributed by atoms with E-state index in [0.29, 0.717) is 11.4 Å². The molecule has 1 atom stereocenters. The number of aliphatic hydroxyl groups excluding tert-OH is 1. The highest BCUT2D eigenvalue weighted by atomic mass is 35.5. The van der Waals surface area contributed by atoms with Gasteiger partial charge in [0.05, 0.1) is 4.90 Å². The Kier molecular flexibility index (Phi) is 7.59. The zero-order valence-electron chi connectivity index (χ0n) is 14.1. The van der Waals surface area contributed by atoms with Gasteiger partial charge in [0, 0.05) is 18.2 Å². The Morgan fingerprint density at radius 1 is 1.08 bits per heavy atom. The molecule has 0 aromatic heterocycles. The largest absolute Gasteiger partial charge is 0.396 e. The fourth-order valence-corrected chi connectivity index (χ4v) is 3.64. The Morgan fingerprint density at radius 3 is 2.35 bits per heavy atom. The standard InChI is InChI=1S/C18H21ClN2O4S/c19-15-7-9-16(10-8-15)26(24,25)21-17(18(23)20-11-4-12-22)13-14-5-2-1-3-6-14/h1-3,5-10,17,21-22H,4,11-13H2,(H,20,23)/t17-/m0/s1. The molecule has 0 aliphatic carbocycles. The number of hydrogen-bond acceptors (Lipinski definition) is 4. The van der Waals surface area contributed by atoms with Crippen molar-refractivity contribution in [3.8, 4) is 0 Å². The van der Waals surface area contributed by atoms with E-state index in [-0.39, 0.29) is 24.5 Å². The van der Waals surface area contributed by atoms with E-state index in [4.69, 9.17) is 16.7 Å². The van der Waals surface area contributed by atoms with Crippen LogP contribution in [-0.4, -0.2) is 38.6 Å². The summed E-state index contributed by atoms with van der Waals surface area (Å²) in [4.78, 5) is 12.5. The van der Waals surface area contributed by atoms with Gasteiger partial charge in [0.15, 0.2) is 0 Å². The molecule has 0 aliphatic rings. The van der Waals surface area contributed by atoms with Gasteiger partial charge in [0.1, 0.15) is 6.04 Å². The van der Waals surface area contributed by atoms with E-state index in [2.05, 4.69) is 10.0 Å². The zero-order valence-corrected chi connectivity index (χ0v) is 15.6. The molecule has 0 unspecified atom stereocenters. The van der Waals surface area contributed by atoms with E-state index in [9.17, 15) is 13.2 Å². The van der Waals surface area contributed by atoms with E-state index < -0.39 is 22.0 Å². The lowest BCUT2D eigenvalue weighted by molar-refractivity contribution is -0.122. The second kappa shape index (κ2) is 9.68. The van der Waals surface area contributed by atoms with Crippen LogP contribution in [0.1, 0.15) is 12.0 Å². The van der Waals surface area contributed by atoms with Crippen molar-refractivity contribution in [2.45, 2.75) is 23.8 Å². The zero-order chi connectivity index (χ0) is 19.0. The summed E-state index contributed by atoms with van der Waals surface area (Å²) in [5.41, 5.74) is 0.827. The van der Waals surface area contributed by atoms with Crippen molar-refractivity contribution in [3.05, 3.63) is 65.2 Å². The molecule has 3 N–H and O–H groups in total. The molecule has 2 aromatic rings. The van der Waals surface area contributed by atoms with Crippen molar-refractivity contribution < 1.29 is 18.3 Å². The Bertz CT molecular complexity index is 811. The van der Waals surface area contributed by atoms with Crippen molar-refractivity contribution >= 4 is 27.5 Å². The summed E-state index contributed by atoms with van der Waals surface area (Å²) < 4.78 is 27.7. The maximum atomic E-state index is 12.6. The molecule has 0 bridgehead atoms. The monoisotopic (exact) mass is 396 g/mol. The molecular formula is C18H21ClN2O4S. The van der Waals surface area contributed by atoms with Crippen molar-refractivity contribution in [1.82, 2.24) is 10.0 Å². The molecule has 2 aromatic carbocycles. The second-order valence-electron chi connectivity index (χ2n) is 5.69. The predicted octanol–water partition coefficient (Wildman–Crippen LogP) is 1.73. The molecule has 0 heterocycles. The predicted molar refractivity (Wildman–Crippen MR) is 100 cm³/mol. The van der Waals surface area contributed by atoms with Crippen molar-refractivity contribution in [3.63, 3.8) is 0 Å². The lowest BCUT2D eigenvalue weighted by atomic mass is 10.1. The molecule has 0 saturated heterocycles. The molecule has 0 fully saturated rings. The first-order valence-electron chi connectivity index (χ1n) is 8.13. The van der Waals surface area contributed by atoms with Gasteiger partial charge in [-0.25, -0.2) is 8.42 Å². The lowest BCUT2D eigenvalue weighted by Crippen LogP contribution is -2.48. The molecule has 140 valence electrons. The average Bonchev–Trinajstić information content (AvgIpc) is 2.62. The number of carbonyl (C=O) groups excluding carboxylic acids is 1. The summed E-state index contributed by atoms with van der Waals surface area (Å²) in [5, 5.41) is 11.9. The summed E-state index contributed by atoms with van der Waals surface area (Å²) in [6, 6.07) is 13.9. The summed E-state index contributed by atoms with van der Waals surface area (Å²) >= 11 is 5.80. The molecule has 6 nitrogen and oxygen atoms in total. The minimum atomic E-state index is -3.89. The number of nitrogens with one attached hydrogen (secondary N) is 2. The molecule has 0 saturated carbocycles. The van der Waals surface area contributed by atoms with Gasteiger partial charge in [0.25, 0.3) is 0 Å². The highest BCUT2D eigenvalue weighted by Gasteiger charge is 2.25. The Labute approximate surface area is 158 Å². The maximum absolute atomic E-state index is 12.6. The third kappa shape index (κ3) is 6.10. The number of benzene rings is 2. The van der Waals surface area contributed by atoms with Gasteiger partial charge in [-0.05, 0) is 42.7 Å². The Hall–Kier alpha value is -1.93. The maximum Gasteiger partial charge on any atom is 0.241 e. The molecular weight excluding hydrogens is 376 g/mol. The van der Waals surface area contributed by atoms with Crippen LogP contribution >= 0.6 is 11.6 Å². The fourth-order valence-electron chi connectivity index (χ4n) is 2.32. The summed E-state index contributed by atoms with van der Waals surface area (Å²) in [6.45, 7) is 0.212. The van der Waals surface area contributed by atoms with Crippen LogP contribution in [0.25, 0.3) is 0 Å². The fraction of sp³-hybridized carbons (Fsp3) is 0.278. The minimum Gasteiger partial charge on any atom is -0.396 e. The van der Waals surface area contributed by atoms with Crippen LogP contribution in [0.3, 0.4) is 0 Å². The van der Waals surface area contributed by atoms with E-state index in [0.717, 1.165) is 5.56 Å². The molecule has 26 heavy (non-hydrogen) atoms. The van der Waals surface area contributed by atoms with E-state index in [1.165, 1.54) is 24.3 Å². The van der Waals surface area contributed by atoms with E-state index >= 15 is 0 Å². The first-order chi connectivity index (χ1) is 12.4. The number of aliphatic hydroxyl groups is 1. The van der Waals surface area contributed by atoms with E-state index in [1.807, 2.05) is 30.3 Å². The van der Waals surface area contributed by atoms with E-state index in [1.54, 1.807) is 0 Å². The molecule has 0 spiro atoms. The molecule has 0 radical (unpaired) electrons. The smallest absolute Gasteiger partial charge is 0.241 e. The van der Waals surface area contributed by atoms with Crippen LogP contribution in [0.4, 0.5) is 0 Å². The van der Waals surface area contributed by atoms with Crippen LogP contribution in [0.2, 0.25) is 5.02 Å². The quantitative estimate of drug-likeness (QED) is 0.562. The normalized spacial score (nSPS) is 12.5. The second-order valence-corrected chi connectivity index (χ2v) is 7.84. The van der Waals surface area contributed by atoms with Crippen molar-refractivity contribution in [2.24, 2.45) is 0 Å². The van der Waals surface area contributed by atoms with Gasteiger partial charge < -0.3 is 10.4 Å². The van der Waals surface area contributed by atoms with Gasteiger partial charge in [0.2, 0.25) is 15.9 Å². The SMILES string of the molecule is O=C(NCCCO)[C@H](Cc1ccccc1)NS(=O)(=O)c1ccc(Cl)cc1. The average molecular weight is 397 g/mol. The number of amides is 1. The lowest BCUT2D eigenvalue weighted by Gasteiger charge is -2.19. The highest BCUT2D eigenvalue weighted by Crippen LogP contribution is 2.15. The van der Waals surface area contributed by atoms with Gasteiger partial charge in [-0.15, -0.1) is 0 Å². The van der Waals surface area contributed by atoms with Gasteiger partial charge in [-0.3, -0.25) is 4.79 Å². The number of sulfonamides is 1. The van der Waals surface area contributed by atoms with Crippen LogP contribution in [-0.2, 0) is 21.2 Å². The molecule has 0 aliphatic heterocycles. The van der Waals surface area contributed by atoms with Gasteiger partial charge in [-0.1, -0.05) is 41.9 Å². The number of rotatable bonds is 9. The molecule has 1 amide bonds. The number of halogens is 1. The third-order valence-electron chi connectivity index (χ3n) is 3.65.